The summed E-state index contributed by atoms with van der Waals surface area (Å²) in [5.74, 6) is 0.0140. The van der Waals surface area contributed by atoms with Crippen LogP contribution in [-0.4, -0.2) is 30.7 Å². The molecule has 2 heterocycles. The Morgan fingerprint density at radius 1 is 1.25 bits per heavy atom. The van der Waals surface area contributed by atoms with E-state index >= 15 is 0 Å². The molecule has 0 aliphatic carbocycles. The van der Waals surface area contributed by atoms with E-state index in [4.69, 9.17) is 16.7 Å². The Bertz CT molecular complexity index is 811. The zero-order valence-electron chi connectivity index (χ0n) is 10.4. The summed E-state index contributed by atoms with van der Waals surface area (Å²) in [5, 5.41) is 17.7. The van der Waals surface area contributed by atoms with Crippen LogP contribution in [0.25, 0.3) is 17.0 Å². The molecule has 3 rings (SSSR count). The lowest BCUT2D eigenvalue weighted by molar-refractivity contribution is 0.0690. The highest BCUT2D eigenvalue weighted by Gasteiger charge is 2.14. The molecule has 6 nitrogen and oxygen atoms in total. The maximum atomic E-state index is 11.0. The van der Waals surface area contributed by atoms with Gasteiger partial charge in [0.2, 0.25) is 0 Å². The Hall–Kier alpha value is -2.47. The van der Waals surface area contributed by atoms with E-state index in [1.165, 1.54) is 6.07 Å². The van der Waals surface area contributed by atoms with Crippen LogP contribution in [0.2, 0.25) is 5.02 Å². The minimum atomic E-state index is -1.09. The van der Waals surface area contributed by atoms with Crippen LogP contribution >= 0.6 is 11.6 Å². The van der Waals surface area contributed by atoms with Crippen LogP contribution < -0.4 is 0 Å². The van der Waals surface area contributed by atoms with Crippen molar-refractivity contribution in [2.24, 2.45) is 0 Å². The normalized spacial score (nSPS) is 10.9. The minimum Gasteiger partial charge on any atom is -0.477 e. The van der Waals surface area contributed by atoms with Crippen LogP contribution in [0.4, 0.5) is 0 Å². The van der Waals surface area contributed by atoms with Crippen molar-refractivity contribution in [3.05, 3.63) is 46.9 Å². The lowest BCUT2D eigenvalue weighted by Crippen LogP contribution is -2.06. The summed E-state index contributed by atoms with van der Waals surface area (Å²) in [7, 11) is 0. The topological polar surface area (TPSA) is 80.4 Å². The maximum Gasteiger partial charge on any atom is 0.354 e. The van der Waals surface area contributed by atoms with E-state index in [2.05, 4.69) is 15.2 Å². The van der Waals surface area contributed by atoms with Crippen LogP contribution in [0, 0.1) is 6.92 Å². The zero-order chi connectivity index (χ0) is 14.3. The van der Waals surface area contributed by atoms with Crippen molar-refractivity contribution in [1.82, 2.24) is 19.6 Å². The van der Waals surface area contributed by atoms with Gasteiger partial charge in [0.15, 0.2) is 17.2 Å². The molecule has 0 saturated carbocycles. The lowest BCUT2D eigenvalue weighted by atomic mass is 10.2. The Balaban J connectivity index is 2.23. The third-order valence-corrected chi connectivity index (χ3v) is 3.13. The molecule has 0 aliphatic heterocycles. The molecule has 7 heteroatoms. The Morgan fingerprint density at radius 2 is 1.95 bits per heavy atom. The molecule has 3 aromatic rings. The number of rotatable bonds is 2. The summed E-state index contributed by atoms with van der Waals surface area (Å²) in [6, 6.07) is 8.55. The summed E-state index contributed by atoms with van der Waals surface area (Å²) in [6.07, 6.45) is 0. The van der Waals surface area contributed by atoms with Crippen LogP contribution in [0.15, 0.2) is 30.3 Å². The highest BCUT2D eigenvalue weighted by molar-refractivity contribution is 6.30. The molecule has 1 aromatic carbocycles. The van der Waals surface area contributed by atoms with Crippen LogP contribution in [0.5, 0.6) is 0 Å². The molecule has 100 valence electrons. The van der Waals surface area contributed by atoms with Gasteiger partial charge in [-0.25, -0.2) is 9.78 Å². The van der Waals surface area contributed by atoms with E-state index < -0.39 is 5.97 Å². The molecule has 0 fully saturated rings. The third-order valence-electron chi connectivity index (χ3n) is 2.88. The van der Waals surface area contributed by atoms with Gasteiger partial charge >= 0.3 is 5.97 Å². The van der Waals surface area contributed by atoms with Gasteiger partial charge in [0.05, 0.1) is 0 Å². The smallest absolute Gasteiger partial charge is 0.354 e. The number of benzene rings is 1. The monoisotopic (exact) mass is 288 g/mol. The van der Waals surface area contributed by atoms with E-state index in [-0.39, 0.29) is 5.69 Å². The second kappa shape index (κ2) is 4.57. The first-order valence-corrected chi connectivity index (χ1v) is 6.16. The van der Waals surface area contributed by atoms with Gasteiger partial charge in [0, 0.05) is 16.7 Å². The van der Waals surface area contributed by atoms with Gasteiger partial charge in [-0.3, -0.25) is 4.40 Å². The summed E-state index contributed by atoms with van der Waals surface area (Å²) >= 11 is 5.86. The fourth-order valence-corrected chi connectivity index (χ4v) is 2.11. The summed E-state index contributed by atoms with van der Waals surface area (Å²) in [5.41, 5.74) is 1.22. The molecule has 0 radical (unpaired) electrons. The number of aryl methyl sites for hydroxylation is 1. The van der Waals surface area contributed by atoms with Crippen LogP contribution in [-0.2, 0) is 0 Å². The fourth-order valence-electron chi connectivity index (χ4n) is 1.98. The van der Waals surface area contributed by atoms with Crippen molar-refractivity contribution >= 4 is 23.2 Å². The largest absolute Gasteiger partial charge is 0.477 e. The minimum absolute atomic E-state index is 0.0509. The Kier molecular flexibility index (Phi) is 2.87. The van der Waals surface area contributed by atoms with Crippen molar-refractivity contribution in [2.45, 2.75) is 6.92 Å². The average molecular weight is 289 g/mol. The number of carboxylic acid groups (broad SMARTS) is 1. The van der Waals surface area contributed by atoms with Gasteiger partial charge in [-0.1, -0.05) is 11.6 Å². The molecule has 0 saturated heterocycles. The van der Waals surface area contributed by atoms with E-state index in [0.29, 0.717) is 22.3 Å². The number of hydrogen-bond donors (Lipinski definition) is 1. The summed E-state index contributed by atoms with van der Waals surface area (Å²) in [4.78, 5) is 15.0. The first-order chi connectivity index (χ1) is 9.56. The van der Waals surface area contributed by atoms with Crippen molar-refractivity contribution in [3.8, 4) is 11.4 Å². The molecule has 2 aromatic heterocycles. The molecule has 0 bridgehead atoms. The quantitative estimate of drug-likeness (QED) is 0.783. The van der Waals surface area contributed by atoms with Crippen molar-refractivity contribution in [3.63, 3.8) is 0 Å². The lowest BCUT2D eigenvalue weighted by Gasteiger charge is -2.04. The second-order valence-electron chi connectivity index (χ2n) is 4.22. The molecular weight excluding hydrogens is 280 g/mol. The molecular formula is C13H9ClN4O2. The fraction of sp³-hybridized carbons (Fsp3) is 0.0769. The highest BCUT2D eigenvalue weighted by atomic mass is 35.5. The number of carbonyl (C=O) groups is 1. The number of aromatic carboxylic acids is 1. The van der Waals surface area contributed by atoms with Gasteiger partial charge in [0.1, 0.15) is 5.82 Å². The molecule has 1 N–H and O–H groups in total. The Labute approximate surface area is 118 Å². The van der Waals surface area contributed by atoms with Crippen molar-refractivity contribution < 1.29 is 9.90 Å². The molecule has 0 atom stereocenters. The Morgan fingerprint density at radius 3 is 2.60 bits per heavy atom. The SMILES string of the molecule is Cc1nc(C(=O)O)cc2nnc(-c3ccc(Cl)cc3)n12. The maximum absolute atomic E-state index is 11.0. The second-order valence-corrected chi connectivity index (χ2v) is 4.65. The van der Waals surface area contributed by atoms with Gasteiger partial charge in [0.25, 0.3) is 0 Å². The highest BCUT2D eigenvalue weighted by Crippen LogP contribution is 2.21. The number of carboxylic acids is 1. The van der Waals surface area contributed by atoms with Crippen LogP contribution in [0.1, 0.15) is 16.3 Å². The van der Waals surface area contributed by atoms with E-state index in [9.17, 15) is 4.79 Å². The van der Waals surface area contributed by atoms with Crippen LogP contribution in [0.3, 0.4) is 0 Å². The standard InChI is InChI=1S/C13H9ClN4O2/c1-7-15-10(13(19)20)6-11-16-17-12(18(7)11)8-2-4-9(14)5-3-8/h2-6H,1H3,(H,19,20). The molecule has 0 unspecified atom stereocenters. The number of fused-ring (bicyclic) bond motifs is 1. The zero-order valence-corrected chi connectivity index (χ0v) is 11.2. The van der Waals surface area contributed by atoms with E-state index in [1.54, 1.807) is 23.5 Å². The summed E-state index contributed by atoms with van der Waals surface area (Å²) in [6.45, 7) is 1.71. The van der Waals surface area contributed by atoms with Crippen molar-refractivity contribution in [1.29, 1.82) is 0 Å². The molecule has 0 amide bonds. The average Bonchev–Trinajstić information content (AvgIpc) is 2.84. The van der Waals surface area contributed by atoms with Gasteiger partial charge in [-0.2, -0.15) is 0 Å². The first-order valence-electron chi connectivity index (χ1n) is 5.78. The van der Waals surface area contributed by atoms with E-state index in [0.717, 1.165) is 5.56 Å². The molecule has 20 heavy (non-hydrogen) atoms. The third kappa shape index (κ3) is 2.00. The number of hydrogen-bond acceptors (Lipinski definition) is 4. The summed E-state index contributed by atoms with van der Waals surface area (Å²) < 4.78 is 1.70. The van der Waals surface area contributed by atoms with Gasteiger partial charge in [-0.15, -0.1) is 10.2 Å². The number of nitrogens with zero attached hydrogens (tertiary/aromatic N) is 4. The molecule has 0 spiro atoms. The first kappa shape index (κ1) is 12.6. The molecule has 0 aliphatic rings. The predicted octanol–water partition coefficient (Wildman–Crippen LogP) is 2.45. The number of aromatic nitrogens is 4. The number of halogens is 1. The van der Waals surface area contributed by atoms with E-state index in [1.807, 2.05) is 12.1 Å². The predicted molar refractivity (Wildman–Crippen MR) is 72.9 cm³/mol. The van der Waals surface area contributed by atoms with Crippen molar-refractivity contribution in [2.75, 3.05) is 0 Å². The van der Waals surface area contributed by atoms with Gasteiger partial charge in [-0.05, 0) is 31.2 Å². The van der Waals surface area contributed by atoms with Gasteiger partial charge < -0.3 is 5.11 Å².